The topological polar surface area (TPSA) is 74.6 Å². The first-order valence-electron chi connectivity index (χ1n) is 10.7. The highest BCUT2D eigenvalue weighted by atomic mass is 16.3. The van der Waals surface area contributed by atoms with Crippen molar-refractivity contribution in [1.29, 1.82) is 0 Å². The van der Waals surface area contributed by atoms with E-state index in [2.05, 4.69) is 0 Å². The molecule has 2 amide bonds. The lowest BCUT2D eigenvalue weighted by Crippen LogP contribution is -2.48. The van der Waals surface area contributed by atoms with Gasteiger partial charge in [-0.2, -0.15) is 0 Å². The number of carbonyl (C=O) groups excluding carboxylic acids is 2. The maximum Gasteiger partial charge on any atom is 0.317 e. The van der Waals surface area contributed by atoms with Crippen LogP contribution in [0.25, 0.3) is 0 Å². The fourth-order valence-corrected chi connectivity index (χ4v) is 3.31. The van der Waals surface area contributed by atoms with E-state index in [1.807, 2.05) is 76.7 Å². The molecule has 0 bridgehead atoms. The molecule has 168 valence electrons. The van der Waals surface area contributed by atoms with Crippen LogP contribution in [0.5, 0.6) is 0 Å². The van der Waals surface area contributed by atoms with Crippen LogP contribution in [0.2, 0.25) is 0 Å². The van der Waals surface area contributed by atoms with Crippen molar-refractivity contribution in [2.45, 2.75) is 19.3 Å². The second kappa shape index (κ2) is 10.8. The van der Waals surface area contributed by atoms with E-state index in [0.29, 0.717) is 25.9 Å². The van der Waals surface area contributed by atoms with Gasteiger partial charge in [-0.25, -0.2) is 9.59 Å². The van der Waals surface area contributed by atoms with Crippen molar-refractivity contribution in [2.75, 3.05) is 54.5 Å². The van der Waals surface area contributed by atoms with Crippen LogP contribution >= 0.6 is 0 Å². The molecular formula is C25H36N2O4+2. The summed E-state index contributed by atoms with van der Waals surface area (Å²) in [6, 6.07) is 16.1. The van der Waals surface area contributed by atoms with Gasteiger partial charge in [-0.05, 0) is 28.7 Å². The first-order valence-corrected chi connectivity index (χ1v) is 10.7. The van der Waals surface area contributed by atoms with Crippen LogP contribution < -0.4 is 0 Å². The fraction of sp³-hybridized carbons (Fsp3) is 0.440. The third-order valence-corrected chi connectivity index (χ3v) is 5.83. The van der Waals surface area contributed by atoms with E-state index < -0.39 is 0 Å². The first-order chi connectivity index (χ1) is 14.6. The second-order valence-corrected chi connectivity index (χ2v) is 9.22. The molecule has 0 aliphatic carbocycles. The molecule has 0 atom stereocenters. The summed E-state index contributed by atoms with van der Waals surface area (Å²) in [6.45, 7) is 0.807. The summed E-state index contributed by atoms with van der Waals surface area (Å²) in [5.41, 5.74) is 4.25. The van der Waals surface area contributed by atoms with Crippen LogP contribution in [0.3, 0.4) is 0 Å². The van der Waals surface area contributed by atoms with E-state index in [0.717, 1.165) is 28.7 Å². The van der Waals surface area contributed by atoms with Crippen LogP contribution in [-0.2, 0) is 28.9 Å². The summed E-state index contributed by atoms with van der Waals surface area (Å²) in [6.07, 6.45) is 1.48. The van der Waals surface area contributed by atoms with Crippen molar-refractivity contribution in [3.63, 3.8) is 0 Å². The molecule has 31 heavy (non-hydrogen) atoms. The Balaban J connectivity index is 1.95. The lowest BCUT2D eigenvalue weighted by Gasteiger charge is -2.25. The molecule has 2 N–H and O–H groups in total. The molecule has 0 fully saturated rings. The number of nitrogens with zero attached hydrogens (tertiary/aromatic N) is 2. The number of aliphatic hydroxyl groups excluding tert-OH is 2. The van der Waals surface area contributed by atoms with Crippen LogP contribution in [-0.4, -0.2) is 85.5 Å². The highest BCUT2D eigenvalue weighted by molar-refractivity contribution is 5.72. The third-order valence-electron chi connectivity index (χ3n) is 5.83. The normalized spacial score (nSPS) is 12.1. The molecule has 2 aromatic rings. The highest BCUT2D eigenvalue weighted by Crippen LogP contribution is 2.15. The lowest BCUT2D eigenvalue weighted by molar-refractivity contribution is -0.814. The Hall–Kier alpha value is -2.38. The number of amides is 2. The van der Waals surface area contributed by atoms with Gasteiger partial charge in [0.05, 0.1) is 54.2 Å². The minimum Gasteiger partial charge on any atom is -0.390 e. The maximum atomic E-state index is 12.4. The van der Waals surface area contributed by atoms with Crippen LogP contribution in [0.1, 0.15) is 22.3 Å². The Labute approximate surface area is 185 Å². The van der Waals surface area contributed by atoms with Crippen molar-refractivity contribution in [3.8, 4) is 0 Å². The van der Waals surface area contributed by atoms with Gasteiger partial charge in [-0.15, -0.1) is 0 Å². The molecule has 0 radical (unpaired) electrons. The molecule has 0 aromatic heterocycles. The van der Waals surface area contributed by atoms with Crippen molar-refractivity contribution >= 4 is 11.8 Å². The van der Waals surface area contributed by atoms with Gasteiger partial charge in [0.1, 0.15) is 13.1 Å². The minimum absolute atomic E-state index is 0.00975. The average Bonchev–Trinajstić information content (AvgIpc) is 2.70. The number of hydrogen-bond donors (Lipinski definition) is 2. The van der Waals surface area contributed by atoms with Gasteiger partial charge in [0.15, 0.2) is 0 Å². The van der Waals surface area contributed by atoms with Gasteiger partial charge in [0.25, 0.3) is 0 Å². The van der Waals surface area contributed by atoms with Gasteiger partial charge >= 0.3 is 11.8 Å². The molecule has 0 heterocycles. The van der Waals surface area contributed by atoms with Crippen LogP contribution in [0, 0.1) is 0 Å². The molecule has 0 saturated heterocycles. The van der Waals surface area contributed by atoms with Gasteiger partial charge < -0.3 is 10.2 Å². The Morgan fingerprint density at radius 3 is 1.19 bits per heavy atom. The van der Waals surface area contributed by atoms with Gasteiger partial charge in [0, 0.05) is 0 Å². The number of quaternary nitrogens is 2. The van der Waals surface area contributed by atoms with E-state index in [1.165, 1.54) is 0 Å². The van der Waals surface area contributed by atoms with Gasteiger partial charge in [-0.1, -0.05) is 48.5 Å². The smallest absolute Gasteiger partial charge is 0.317 e. The monoisotopic (exact) mass is 428 g/mol. The zero-order valence-electron chi connectivity index (χ0n) is 19.2. The summed E-state index contributed by atoms with van der Waals surface area (Å²) in [5, 5.41) is 18.2. The Morgan fingerprint density at radius 2 is 0.903 bits per heavy atom. The zero-order valence-corrected chi connectivity index (χ0v) is 19.2. The predicted octanol–water partition coefficient (Wildman–Crippen LogP) is 1.55. The Morgan fingerprint density at radius 1 is 0.613 bits per heavy atom. The van der Waals surface area contributed by atoms with Crippen molar-refractivity contribution in [2.24, 2.45) is 0 Å². The maximum absolute atomic E-state index is 12.4. The van der Waals surface area contributed by atoms with E-state index >= 15 is 0 Å². The van der Waals surface area contributed by atoms with E-state index in [-0.39, 0.29) is 34.0 Å². The lowest BCUT2D eigenvalue weighted by atomic mass is 10.0. The van der Waals surface area contributed by atoms with E-state index in [1.54, 1.807) is 0 Å². The minimum atomic E-state index is -0.00975. The van der Waals surface area contributed by atoms with Crippen molar-refractivity contribution in [1.82, 2.24) is 0 Å². The van der Waals surface area contributed by atoms with Crippen molar-refractivity contribution in [3.05, 3.63) is 70.8 Å². The Kier molecular flexibility index (Phi) is 8.65. The molecule has 0 aliphatic heterocycles. The first kappa shape index (κ1) is 24.9. The molecule has 0 unspecified atom stereocenters. The van der Waals surface area contributed by atoms with E-state index in [9.17, 15) is 9.59 Å². The number of benzene rings is 2. The number of likely N-dealkylation sites (N-methyl/N-ethyl adjacent to an activating group) is 2. The van der Waals surface area contributed by atoms with Crippen LogP contribution in [0.4, 0.5) is 0 Å². The standard InChI is InChI=1S/C25H36N2O4/c1-26(2,13-15-28)24(30)18-22-9-5-20(6-10-22)17-21-7-11-23(12-8-21)19-25(31)27(3,4)14-16-29/h5-12,28-29H,13-19H2,1-4H3/q+2. The summed E-state index contributed by atoms with van der Waals surface area (Å²) in [4.78, 5) is 24.9. The number of rotatable bonds is 10. The van der Waals surface area contributed by atoms with Gasteiger partial charge in [-0.3, -0.25) is 8.97 Å². The molecule has 0 aliphatic rings. The highest BCUT2D eigenvalue weighted by Gasteiger charge is 2.26. The average molecular weight is 429 g/mol. The fourth-order valence-electron chi connectivity index (χ4n) is 3.31. The largest absolute Gasteiger partial charge is 0.390 e. The molecule has 6 nitrogen and oxygen atoms in total. The number of hydrogen-bond acceptors (Lipinski definition) is 4. The molecule has 6 heteroatoms. The molecule has 2 aromatic carbocycles. The summed E-state index contributed by atoms with van der Waals surface area (Å²) >= 11 is 0. The quantitative estimate of drug-likeness (QED) is 0.563. The number of carbonyl (C=O) groups is 2. The van der Waals surface area contributed by atoms with Crippen LogP contribution in [0.15, 0.2) is 48.5 Å². The molecule has 0 spiro atoms. The zero-order chi connectivity index (χ0) is 23.1. The van der Waals surface area contributed by atoms with E-state index in [4.69, 9.17) is 10.2 Å². The van der Waals surface area contributed by atoms with Gasteiger partial charge in [0.2, 0.25) is 0 Å². The molecule has 0 saturated carbocycles. The summed E-state index contributed by atoms with van der Waals surface area (Å²) < 4.78 is 0.340. The third kappa shape index (κ3) is 7.36. The van der Waals surface area contributed by atoms with Crippen molar-refractivity contribution < 1.29 is 28.8 Å². The summed E-state index contributed by atoms with van der Waals surface area (Å²) in [5.74, 6) is 0.153. The molecular weight excluding hydrogens is 392 g/mol. The summed E-state index contributed by atoms with van der Waals surface area (Å²) in [7, 11) is 7.27. The SMILES string of the molecule is C[N+](C)(CCO)C(=O)Cc1ccc(Cc2ccc(CC(=O)[N+](C)(C)CCO)cc2)cc1. The molecule has 2 rings (SSSR count). The second-order valence-electron chi connectivity index (χ2n) is 9.22. The number of aliphatic hydroxyl groups is 2. The Bertz CT molecular complexity index is 798. The predicted molar refractivity (Wildman–Crippen MR) is 121 cm³/mol.